The SMILES string of the molecule is CC1CCC(CNc2ccc([N+](=O)[O-])cc2C#N)C1. The second kappa shape index (κ2) is 5.70. The van der Waals surface area contributed by atoms with Crippen LogP contribution < -0.4 is 5.32 Å². The first-order valence-electron chi connectivity index (χ1n) is 6.52. The van der Waals surface area contributed by atoms with Crippen LogP contribution in [0.15, 0.2) is 18.2 Å². The van der Waals surface area contributed by atoms with E-state index in [-0.39, 0.29) is 5.69 Å². The number of hydrogen-bond donors (Lipinski definition) is 1. The summed E-state index contributed by atoms with van der Waals surface area (Å²) >= 11 is 0. The first-order chi connectivity index (χ1) is 9.10. The second-order valence-corrected chi connectivity index (χ2v) is 5.26. The smallest absolute Gasteiger partial charge is 0.270 e. The van der Waals surface area contributed by atoms with Gasteiger partial charge in [-0.25, -0.2) is 0 Å². The number of nitro groups is 1. The van der Waals surface area contributed by atoms with Gasteiger partial charge >= 0.3 is 0 Å². The highest BCUT2D eigenvalue weighted by molar-refractivity contribution is 5.61. The lowest BCUT2D eigenvalue weighted by atomic mass is 10.1. The van der Waals surface area contributed by atoms with Gasteiger partial charge in [0.15, 0.2) is 0 Å². The Labute approximate surface area is 112 Å². The van der Waals surface area contributed by atoms with E-state index < -0.39 is 4.92 Å². The van der Waals surface area contributed by atoms with E-state index in [9.17, 15) is 10.1 Å². The van der Waals surface area contributed by atoms with Crippen LogP contribution in [0.4, 0.5) is 11.4 Å². The zero-order valence-corrected chi connectivity index (χ0v) is 10.9. The standard InChI is InChI=1S/C14H17N3O2/c1-10-2-3-11(6-10)9-16-14-5-4-13(17(18)19)7-12(14)8-15/h4-5,7,10-11,16H,2-3,6,9H2,1H3. The van der Waals surface area contributed by atoms with Crippen LogP contribution >= 0.6 is 0 Å². The third-order valence-corrected chi connectivity index (χ3v) is 3.72. The average Bonchev–Trinajstić information content (AvgIpc) is 2.81. The second-order valence-electron chi connectivity index (χ2n) is 5.26. The molecule has 100 valence electrons. The Morgan fingerprint density at radius 1 is 1.53 bits per heavy atom. The maximum absolute atomic E-state index is 10.7. The molecule has 5 heteroatoms. The number of nitriles is 1. The van der Waals surface area contributed by atoms with Gasteiger partial charge in [0.05, 0.1) is 16.2 Å². The number of hydrogen-bond acceptors (Lipinski definition) is 4. The molecule has 2 rings (SSSR count). The summed E-state index contributed by atoms with van der Waals surface area (Å²) in [6, 6.07) is 6.38. The molecule has 0 saturated heterocycles. The minimum atomic E-state index is -0.483. The van der Waals surface area contributed by atoms with Crippen LogP contribution in [-0.2, 0) is 0 Å². The van der Waals surface area contributed by atoms with Gasteiger partial charge in [0.1, 0.15) is 6.07 Å². The number of non-ortho nitro benzene ring substituents is 1. The molecule has 0 radical (unpaired) electrons. The van der Waals surface area contributed by atoms with Crippen molar-refractivity contribution in [1.82, 2.24) is 0 Å². The molecule has 19 heavy (non-hydrogen) atoms. The third kappa shape index (κ3) is 3.22. The normalized spacial score (nSPS) is 21.9. The van der Waals surface area contributed by atoms with Crippen LogP contribution in [0.5, 0.6) is 0 Å². The Morgan fingerprint density at radius 3 is 2.89 bits per heavy atom. The van der Waals surface area contributed by atoms with E-state index in [1.54, 1.807) is 6.07 Å². The van der Waals surface area contributed by atoms with Crippen molar-refractivity contribution >= 4 is 11.4 Å². The summed E-state index contributed by atoms with van der Waals surface area (Å²) in [6.07, 6.45) is 3.68. The molecule has 1 aromatic rings. The van der Waals surface area contributed by atoms with E-state index in [2.05, 4.69) is 12.2 Å². The Morgan fingerprint density at radius 2 is 2.32 bits per heavy atom. The molecule has 0 heterocycles. The molecule has 1 saturated carbocycles. The van der Waals surface area contributed by atoms with E-state index in [1.807, 2.05) is 6.07 Å². The van der Waals surface area contributed by atoms with Crippen molar-refractivity contribution in [3.05, 3.63) is 33.9 Å². The van der Waals surface area contributed by atoms with E-state index in [0.717, 1.165) is 12.5 Å². The number of nitro benzene ring substituents is 1. The van der Waals surface area contributed by atoms with Crippen molar-refractivity contribution in [2.45, 2.75) is 26.2 Å². The number of nitrogens with zero attached hydrogens (tertiary/aromatic N) is 2. The summed E-state index contributed by atoms with van der Waals surface area (Å²) in [4.78, 5) is 10.2. The average molecular weight is 259 g/mol. The Balaban J connectivity index is 2.04. The lowest BCUT2D eigenvalue weighted by Gasteiger charge is -2.13. The van der Waals surface area contributed by atoms with Gasteiger partial charge in [-0.15, -0.1) is 0 Å². The van der Waals surface area contributed by atoms with Crippen molar-refractivity contribution in [3.8, 4) is 6.07 Å². The van der Waals surface area contributed by atoms with E-state index >= 15 is 0 Å². The van der Waals surface area contributed by atoms with E-state index in [0.29, 0.717) is 17.2 Å². The third-order valence-electron chi connectivity index (χ3n) is 3.72. The molecule has 0 spiro atoms. The van der Waals surface area contributed by atoms with Crippen LogP contribution in [0.1, 0.15) is 31.7 Å². The molecule has 1 aliphatic carbocycles. The molecule has 0 aromatic heterocycles. The minimum Gasteiger partial charge on any atom is -0.384 e. The minimum absolute atomic E-state index is 0.0448. The Kier molecular flexibility index (Phi) is 4.00. The van der Waals surface area contributed by atoms with Gasteiger partial charge in [-0.2, -0.15) is 5.26 Å². The van der Waals surface area contributed by atoms with Crippen LogP contribution in [0.25, 0.3) is 0 Å². The fraction of sp³-hybridized carbons (Fsp3) is 0.500. The maximum Gasteiger partial charge on any atom is 0.270 e. The molecule has 1 aromatic carbocycles. The highest BCUT2D eigenvalue weighted by atomic mass is 16.6. The van der Waals surface area contributed by atoms with E-state index in [1.165, 1.54) is 31.4 Å². The van der Waals surface area contributed by atoms with Crippen molar-refractivity contribution < 1.29 is 4.92 Å². The Hall–Kier alpha value is -2.09. The number of benzene rings is 1. The predicted molar refractivity (Wildman–Crippen MR) is 72.8 cm³/mol. The summed E-state index contributed by atoms with van der Waals surface area (Å²) in [7, 11) is 0. The molecule has 0 aliphatic heterocycles. The van der Waals surface area contributed by atoms with Gasteiger partial charge in [-0.05, 0) is 30.7 Å². The zero-order chi connectivity index (χ0) is 13.8. The molecule has 0 bridgehead atoms. The summed E-state index contributed by atoms with van der Waals surface area (Å²) in [5.41, 5.74) is 0.976. The molecule has 1 fully saturated rings. The largest absolute Gasteiger partial charge is 0.384 e. The molecule has 0 amide bonds. The van der Waals surface area contributed by atoms with Gasteiger partial charge in [0.25, 0.3) is 5.69 Å². The van der Waals surface area contributed by atoms with Crippen LogP contribution in [-0.4, -0.2) is 11.5 Å². The van der Waals surface area contributed by atoms with Crippen LogP contribution in [0.2, 0.25) is 0 Å². The van der Waals surface area contributed by atoms with Crippen LogP contribution in [0, 0.1) is 33.3 Å². The maximum atomic E-state index is 10.7. The fourth-order valence-corrected chi connectivity index (χ4v) is 2.66. The lowest BCUT2D eigenvalue weighted by Crippen LogP contribution is -2.12. The van der Waals surface area contributed by atoms with Crippen LogP contribution in [0.3, 0.4) is 0 Å². The molecule has 1 N–H and O–H groups in total. The molecule has 1 aliphatic rings. The Bertz CT molecular complexity index is 522. The molecule has 5 nitrogen and oxygen atoms in total. The quantitative estimate of drug-likeness (QED) is 0.664. The highest BCUT2D eigenvalue weighted by Gasteiger charge is 2.21. The number of nitrogens with one attached hydrogen (secondary N) is 1. The van der Waals surface area contributed by atoms with Gasteiger partial charge in [-0.3, -0.25) is 10.1 Å². The first-order valence-corrected chi connectivity index (χ1v) is 6.52. The molecule has 2 unspecified atom stereocenters. The summed E-state index contributed by atoms with van der Waals surface area (Å²) in [5, 5.41) is 23.0. The monoisotopic (exact) mass is 259 g/mol. The first kappa shape index (κ1) is 13.3. The van der Waals surface area contributed by atoms with Crippen molar-refractivity contribution in [2.75, 3.05) is 11.9 Å². The molecular weight excluding hydrogens is 242 g/mol. The van der Waals surface area contributed by atoms with Gasteiger partial charge in [-0.1, -0.05) is 13.3 Å². The molecule has 2 atom stereocenters. The van der Waals surface area contributed by atoms with Crippen molar-refractivity contribution in [1.29, 1.82) is 5.26 Å². The topological polar surface area (TPSA) is 79.0 Å². The van der Waals surface area contributed by atoms with Gasteiger partial charge in [0.2, 0.25) is 0 Å². The summed E-state index contributed by atoms with van der Waals surface area (Å²) < 4.78 is 0. The van der Waals surface area contributed by atoms with E-state index in [4.69, 9.17) is 5.26 Å². The van der Waals surface area contributed by atoms with Crippen molar-refractivity contribution in [2.24, 2.45) is 11.8 Å². The summed E-state index contributed by atoms with van der Waals surface area (Å²) in [6.45, 7) is 3.09. The predicted octanol–water partition coefficient (Wildman–Crippen LogP) is 3.31. The molecular formula is C14H17N3O2. The summed E-state index contributed by atoms with van der Waals surface area (Å²) in [5.74, 6) is 1.41. The fourth-order valence-electron chi connectivity index (χ4n) is 2.66. The number of anilines is 1. The lowest BCUT2D eigenvalue weighted by molar-refractivity contribution is -0.384. The van der Waals surface area contributed by atoms with Crippen molar-refractivity contribution in [3.63, 3.8) is 0 Å². The van der Waals surface area contributed by atoms with Gasteiger partial charge < -0.3 is 5.32 Å². The zero-order valence-electron chi connectivity index (χ0n) is 10.9. The highest BCUT2D eigenvalue weighted by Crippen LogP contribution is 2.31. The van der Waals surface area contributed by atoms with Gasteiger partial charge in [0, 0.05) is 18.7 Å². The number of rotatable bonds is 4.